The Labute approximate surface area is 162 Å². The van der Waals surface area contributed by atoms with Gasteiger partial charge < -0.3 is 15.5 Å². The largest absolute Gasteiger partial charge is 0.354 e. The number of aryl methyl sites for hydroxylation is 1. The van der Waals surface area contributed by atoms with Crippen LogP contribution >= 0.6 is 0 Å². The van der Waals surface area contributed by atoms with Gasteiger partial charge in [-0.05, 0) is 50.8 Å². The Kier molecular flexibility index (Phi) is 6.72. The fraction of sp³-hybridized carbons (Fsp3) is 0.619. The summed E-state index contributed by atoms with van der Waals surface area (Å²) in [5.41, 5.74) is 2.48. The molecule has 1 aromatic rings. The van der Waals surface area contributed by atoms with Gasteiger partial charge in [0.2, 0.25) is 5.91 Å². The van der Waals surface area contributed by atoms with Crippen molar-refractivity contribution in [3.05, 3.63) is 35.4 Å². The van der Waals surface area contributed by atoms with Gasteiger partial charge in [0, 0.05) is 19.6 Å². The topological polar surface area (TPSA) is 64.7 Å². The first kappa shape index (κ1) is 19.7. The van der Waals surface area contributed by atoms with E-state index in [1.165, 1.54) is 24.0 Å². The molecule has 2 saturated heterocycles. The highest BCUT2D eigenvalue weighted by molar-refractivity contribution is 5.84. The number of rotatable bonds is 4. The molecule has 1 atom stereocenters. The van der Waals surface area contributed by atoms with Gasteiger partial charge in [-0.25, -0.2) is 4.79 Å². The van der Waals surface area contributed by atoms with Crippen LogP contribution in [-0.4, -0.2) is 61.0 Å². The maximum atomic E-state index is 12.6. The van der Waals surface area contributed by atoms with Crippen LogP contribution in [0.25, 0.3) is 0 Å². The van der Waals surface area contributed by atoms with Gasteiger partial charge >= 0.3 is 6.03 Å². The van der Waals surface area contributed by atoms with Crippen LogP contribution in [0.1, 0.15) is 43.4 Å². The minimum Gasteiger partial charge on any atom is -0.354 e. The average molecular weight is 373 g/mol. The van der Waals surface area contributed by atoms with Crippen LogP contribution < -0.4 is 10.6 Å². The van der Waals surface area contributed by atoms with Gasteiger partial charge in [0.05, 0.1) is 6.04 Å². The van der Waals surface area contributed by atoms with Crippen molar-refractivity contribution < 1.29 is 9.59 Å². The summed E-state index contributed by atoms with van der Waals surface area (Å²) in [4.78, 5) is 28.5. The number of nitrogens with one attached hydrogen (secondary N) is 2. The Hall–Kier alpha value is -2.08. The first-order valence-corrected chi connectivity index (χ1v) is 10.1. The molecule has 2 aliphatic heterocycles. The Balaban J connectivity index is 1.66. The van der Waals surface area contributed by atoms with Crippen molar-refractivity contribution in [3.63, 3.8) is 0 Å². The fourth-order valence-corrected chi connectivity index (χ4v) is 3.86. The highest BCUT2D eigenvalue weighted by Crippen LogP contribution is 2.26. The zero-order chi connectivity index (χ0) is 19.2. The van der Waals surface area contributed by atoms with Crippen LogP contribution in [0, 0.1) is 12.8 Å². The van der Waals surface area contributed by atoms with Gasteiger partial charge in [-0.2, -0.15) is 0 Å². The second-order valence-corrected chi connectivity index (χ2v) is 7.96. The van der Waals surface area contributed by atoms with E-state index in [4.69, 9.17) is 0 Å². The van der Waals surface area contributed by atoms with Gasteiger partial charge in [-0.3, -0.25) is 9.69 Å². The Morgan fingerprint density at radius 2 is 1.93 bits per heavy atom. The molecule has 3 rings (SSSR count). The predicted octanol–water partition coefficient (Wildman–Crippen LogP) is 2.30. The number of carbonyl (C=O) groups is 2. The van der Waals surface area contributed by atoms with Crippen molar-refractivity contribution >= 4 is 11.9 Å². The van der Waals surface area contributed by atoms with Crippen molar-refractivity contribution in [2.45, 2.75) is 39.2 Å². The molecule has 27 heavy (non-hydrogen) atoms. The number of likely N-dealkylation sites (tertiary alicyclic amines) is 1. The van der Waals surface area contributed by atoms with E-state index >= 15 is 0 Å². The van der Waals surface area contributed by atoms with Crippen LogP contribution in [0.15, 0.2) is 24.3 Å². The second kappa shape index (κ2) is 9.22. The lowest BCUT2D eigenvalue weighted by molar-refractivity contribution is -0.121. The van der Waals surface area contributed by atoms with Crippen molar-refractivity contribution in [2.24, 2.45) is 5.92 Å². The normalized spacial score (nSPS) is 20.7. The highest BCUT2D eigenvalue weighted by atomic mass is 16.2. The summed E-state index contributed by atoms with van der Waals surface area (Å²) in [6.45, 7) is 8.47. The standard InChI is InChI=1S/C21H32N4O2/c1-16-4-6-18(7-5-16)19(24-12-8-17(2)9-13-24)14-23-21(27)25-11-3-10-22-20(26)15-25/h4-7,17,19H,3,8-15H2,1-2H3,(H,22,26)(H,23,27). The lowest BCUT2D eigenvalue weighted by Crippen LogP contribution is -2.47. The monoisotopic (exact) mass is 372 g/mol. The average Bonchev–Trinajstić information content (AvgIpc) is 2.89. The number of piperidine rings is 1. The zero-order valence-electron chi connectivity index (χ0n) is 16.5. The molecule has 0 bridgehead atoms. The molecule has 6 heteroatoms. The van der Waals surface area contributed by atoms with Crippen LogP contribution in [0.3, 0.4) is 0 Å². The third-order valence-electron chi connectivity index (χ3n) is 5.72. The zero-order valence-corrected chi connectivity index (χ0v) is 16.5. The summed E-state index contributed by atoms with van der Waals surface area (Å²) in [5, 5.41) is 5.90. The van der Waals surface area contributed by atoms with E-state index in [2.05, 4.69) is 53.6 Å². The number of hydrogen-bond donors (Lipinski definition) is 2. The molecule has 1 aromatic carbocycles. The number of urea groups is 1. The van der Waals surface area contributed by atoms with E-state index in [1.807, 2.05) is 0 Å². The predicted molar refractivity (Wildman–Crippen MR) is 106 cm³/mol. The summed E-state index contributed by atoms with van der Waals surface area (Å²) >= 11 is 0. The first-order chi connectivity index (χ1) is 13.0. The second-order valence-electron chi connectivity index (χ2n) is 7.96. The van der Waals surface area contributed by atoms with Gasteiger partial charge in [0.15, 0.2) is 0 Å². The van der Waals surface area contributed by atoms with E-state index in [9.17, 15) is 9.59 Å². The van der Waals surface area contributed by atoms with E-state index in [-0.39, 0.29) is 24.5 Å². The lowest BCUT2D eigenvalue weighted by Gasteiger charge is -2.37. The smallest absolute Gasteiger partial charge is 0.317 e. The third kappa shape index (κ3) is 5.45. The number of benzene rings is 1. The van der Waals surface area contributed by atoms with Crippen molar-refractivity contribution in [2.75, 3.05) is 39.3 Å². The lowest BCUT2D eigenvalue weighted by atomic mass is 9.95. The summed E-state index contributed by atoms with van der Waals surface area (Å²) < 4.78 is 0. The van der Waals surface area contributed by atoms with Crippen LogP contribution in [0.5, 0.6) is 0 Å². The molecule has 0 spiro atoms. The van der Waals surface area contributed by atoms with E-state index in [1.54, 1.807) is 4.90 Å². The SMILES string of the molecule is Cc1ccc(C(CNC(=O)N2CCCNC(=O)C2)N2CCC(C)CC2)cc1. The minimum atomic E-state index is -0.144. The molecule has 0 saturated carbocycles. The first-order valence-electron chi connectivity index (χ1n) is 10.1. The summed E-state index contributed by atoms with van der Waals surface area (Å²) in [6, 6.07) is 8.64. The molecule has 148 valence electrons. The highest BCUT2D eigenvalue weighted by Gasteiger charge is 2.26. The van der Waals surface area contributed by atoms with Crippen molar-refractivity contribution in [3.8, 4) is 0 Å². The number of nitrogens with zero attached hydrogens (tertiary/aromatic N) is 2. The van der Waals surface area contributed by atoms with Crippen molar-refractivity contribution in [1.29, 1.82) is 0 Å². The number of amides is 3. The summed E-state index contributed by atoms with van der Waals surface area (Å²) in [7, 11) is 0. The van der Waals surface area contributed by atoms with Gasteiger partial charge in [-0.1, -0.05) is 36.8 Å². The van der Waals surface area contributed by atoms with E-state index < -0.39 is 0 Å². The number of hydrogen-bond acceptors (Lipinski definition) is 3. The molecule has 2 fully saturated rings. The fourth-order valence-electron chi connectivity index (χ4n) is 3.86. The van der Waals surface area contributed by atoms with Crippen LogP contribution in [0.2, 0.25) is 0 Å². The maximum absolute atomic E-state index is 12.6. The van der Waals surface area contributed by atoms with Gasteiger partial charge in [0.25, 0.3) is 0 Å². The molecule has 0 radical (unpaired) electrons. The van der Waals surface area contributed by atoms with Gasteiger partial charge in [0.1, 0.15) is 6.54 Å². The van der Waals surface area contributed by atoms with E-state index in [0.717, 1.165) is 25.4 Å². The molecule has 3 amide bonds. The maximum Gasteiger partial charge on any atom is 0.317 e. The molecule has 2 aliphatic rings. The van der Waals surface area contributed by atoms with Gasteiger partial charge in [-0.15, -0.1) is 0 Å². The Morgan fingerprint density at radius 3 is 2.63 bits per heavy atom. The van der Waals surface area contributed by atoms with Crippen LogP contribution in [0.4, 0.5) is 4.79 Å². The molecule has 2 heterocycles. The Bertz CT molecular complexity index is 638. The van der Waals surface area contributed by atoms with E-state index in [0.29, 0.717) is 19.6 Å². The summed E-state index contributed by atoms with van der Waals surface area (Å²) in [6.07, 6.45) is 3.19. The quantitative estimate of drug-likeness (QED) is 0.852. The molecule has 2 N–H and O–H groups in total. The minimum absolute atomic E-state index is 0.0808. The van der Waals surface area contributed by atoms with Crippen LogP contribution in [-0.2, 0) is 4.79 Å². The summed E-state index contributed by atoms with van der Waals surface area (Å²) in [5.74, 6) is 0.688. The molecule has 0 aromatic heterocycles. The third-order valence-corrected chi connectivity index (χ3v) is 5.72. The molecule has 1 unspecified atom stereocenters. The Morgan fingerprint density at radius 1 is 1.22 bits per heavy atom. The number of carbonyl (C=O) groups excluding carboxylic acids is 2. The molecular formula is C21H32N4O2. The molecular weight excluding hydrogens is 340 g/mol. The molecule has 6 nitrogen and oxygen atoms in total. The van der Waals surface area contributed by atoms with Crippen molar-refractivity contribution in [1.82, 2.24) is 20.4 Å². The molecule has 0 aliphatic carbocycles.